The Kier molecular flexibility index (Phi) is 6.92. The van der Waals surface area contributed by atoms with Gasteiger partial charge in [0.2, 0.25) is 11.7 Å². The molecule has 0 unspecified atom stereocenters. The number of para-hydroxylation sites is 1. The molecule has 5 aromatic rings. The fourth-order valence-corrected chi connectivity index (χ4v) is 5.81. The van der Waals surface area contributed by atoms with Crippen molar-refractivity contribution in [3.05, 3.63) is 81.5 Å². The molecule has 11 nitrogen and oxygen atoms in total. The summed E-state index contributed by atoms with van der Waals surface area (Å²) < 4.78 is 3.05. The third kappa shape index (κ3) is 4.81. The molecule has 13 heteroatoms. The summed E-state index contributed by atoms with van der Waals surface area (Å²) >= 11 is 12.8. The number of hydrogen-bond donors (Lipinski definition) is 2. The largest absolute Gasteiger partial charge is 0.465 e. The highest BCUT2D eigenvalue weighted by molar-refractivity contribution is 6.37. The van der Waals surface area contributed by atoms with Gasteiger partial charge in [0.05, 0.1) is 21.8 Å². The lowest BCUT2D eigenvalue weighted by atomic mass is 9.99. The molecule has 210 valence electrons. The standard InChI is InChI=1S/C28H26Cl2N8O3/c1-16(2)22-15-35(12-13-36(22)28(40)41)18-8-6-17(7-9-18)33-26-32-14-19-24(34-26)37-11-10-31-27(37)38(25(19)39)23-20(29)4-3-5-21(23)30/h3-11,14,16,22H,12-13,15H2,1-2H3,(H,40,41)(H,32,33,34)/t22-/m1/s1. The second kappa shape index (κ2) is 10.6. The van der Waals surface area contributed by atoms with E-state index in [0.717, 1.165) is 11.4 Å². The van der Waals surface area contributed by atoms with Crippen molar-refractivity contribution in [1.29, 1.82) is 0 Å². The van der Waals surface area contributed by atoms with Crippen molar-refractivity contribution < 1.29 is 9.90 Å². The van der Waals surface area contributed by atoms with Crippen molar-refractivity contribution in [2.24, 2.45) is 5.92 Å². The minimum Gasteiger partial charge on any atom is -0.465 e. The summed E-state index contributed by atoms with van der Waals surface area (Å²) in [5.74, 6) is 0.824. The molecule has 2 aromatic carbocycles. The van der Waals surface area contributed by atoms with Gasteiger partial charge in [-0.05, 0) is 42.3 Å². The number of imidazole rings is 1. The smallest absolute Gasteiger partial charge is 0.407 e. The lowest BCUT2D eigenvalue weighted by Crippen LogP contribution is -2.57. The van der Waals surface area contributed by atoms with E-state index < -0.39 is 11.7 Å². The van der Waals surface area contributed by atoms with Crippen LogP contribution in [0.4, 0.5) is 22.1 Å². The molecule has 1 aliphatic heterocycles. The van der Waals surface area contributed by atoms with Crippen LogP contribution in [0, 0.1) is 5.92 Å². The number of benzene rings is 2. The highest BCUT2D eigenvalue weighted by Gasteiger charge is 2.32. The van der Waals surface area contributed by atoms with E-state index in [9.17, 15) is 14.7 Å². The number of nitrogens with one attached hydrogen (secondary N) is 1. The van der Waals surface area contributed by atoms with Gasteiger partial charge >= 0.3 is 6.09 Å². The molecule has 3 aromatic heterocycles. The Morgan fingerprint density at radius 1 is 1.07 bits per heavy atom. The van der Waals surface area contributed by atoms with Gasteiger partial charge in [0.25, 0.3) is 5.56 Å². The quantitative estimate of drug-likeness (QED) is 0.282. The number of anilines is 3. The van der Waals surface area contributed by atoms with Crippen LogP contribution in [0.15, 0.2) is 65.8 Å². The summed E-state index contributed by atoms with van der Waals surface area (Å²) in [6.07, 6.45) is 3.87. The Balaban J connectivity index is 1.29. The van der Waals surface area contributed by atoms with E-state index in [1.807, 2.05) is 38.1 Å². The van der Waals surface area contributed by atoms with Crippen molar-refractivity contribution >= 4 is 63.4 Å². The number of carboxylic acid groups (broad SMARTS) is 1. The van der Waals surface area contributed by atoms with Gasteiger partial charge in [0.1, 0.15) is 5.39 Å². The molecule has 2 N–H and O–H groups in total. The van der Waals surface area contributed by atoms with Gasteiger partial charge in [-0.15, -0.1) is 0 Å². The van der Waals surface area contributed by atoms with Crippen LogP contribution < -0.4 is 15.8 Å². The number of fused-ring (bicyclic) bond motifs is 3. The maximum Gasteiger partial charge on any atom is 0.407 e. The van der Waals surface area contributed by atoms with Crippen LogP contribution in [-0.4, -0.2) is 65.7 Å². The highest BCUT2D eigenvalue weighted by atomic mass is 35.5. The third-order valence-corrected chi connectivity index (χ3v) is 7.95. The number of halogens is 2. The Bertz CT molecular complexity index is 1820. The molecule has 1 aliphatic rings. The van der Waals surface area contributed by atoms with Crippen LogP contribution in [0.2, 0.25) is 10.0 Å². The van der Waals surface area contributed by atoms with Gasteiger partial charge in [-0.1, -0.05) is 43.1 Å². The molecule has 0 aliphatic carbocycles. The van der Waals surface area contributed by atoms with Crippen molar-refractivity contribution in [3.8, 4) is 5.69 Å². The van der Waals surface area contributed by atoms with Crippen molar-refractivity contribution in [2.75, 3.05) is 29.9 Å². The fraction of sp³-hybridized carbons (Fsp3) is 0.250. The van der Waals surface area contributed by atoms with Gasteiger partial charge in [-0.25, -0.2) is 19.3 Å². The van der Waals surface area contributed by atoms with Crippen molar-refractivity contribution in [2.45, 2.75) is 19.9 Å². The topological polar surface area (TPSA) is 121 Å². The van der Waals surface area contributed by atoms with Crippen LogP contribution in [0.25, 0.3) is 22.5 Å². The lowest BCUT2D eigenvalue weighted by Gasteiger charge is -2.43. The zero-order chi connectivity index (χ0) is 28.8. The van der Waals surface area contributed by atoms with Crippen molar-refractivity contribution in [3.63, 3.8) is 0 Å². The first kappa shape index (κ1) is 26.9. The number of rotatable bonds is 5. The minimum absolute atomic E-state index is 0.0800. The van der Waals surface area contributed by atoms with E-state index in [4.69, 9.17) is 23.2 Å². The average molecular weight is 593 g/mol. The van der Waals surface area contributed by atoms with Crippen LogP contribution in [-0.2, 0) is 0 Å². The predicted molar refractivity (Wildman–Crippen MR) is 159 cm³/mol. The summed E-state index contributed by atoms with van der Waals surface area (Å²) in [6, 6.07) is 12.7. The van der Waals surface area contributed by atoms with Gasteiger partial charge < -0.3 is 20.2 Å². The monoisotopic (exact) mass is 592 g/mol. The number of nitrogens with zero attached hydrogens (tertiary/aromatic N) is 7. The first-order valence-corrected chi connectivity index (χ1v) is 13.8. The molecule has 41 heavy (non-hydrogen) atoms. The number of carbonyl (C=O) groups is 1. The number of hydrogen-bond acceptors (Lipinski definition) is 7. The van der Waals surface area contributed by atoms with Gasteiger partial charge in [0, 0.05) is 49.6 Å². The Labute approximate surface area is 244 Å². The second-order valence-electron chi connectivity index (χ2n) is 10.1. The number of aromatic nitrogens is 5. The van der Waals surface area contributed by atoms with Crippen molar-refractivity contribution in [1.82, 2.24) is 28.8 Å². The average Bonchev–Trinajstić information content (AvgIpc) is 3.44. The van der Waals surface area contributed by atoms with Crippen LogP contribution in [0.1, 0.15) is 13.8 Å². The second-order valence-corrected chi connectivity index (χ2v) is 11.0. The Hall–Kier alpha value is -4.35. The van der Waals surface area contributed by atoms with E-state index in [0.29, 0.717) is 52.7 Å². The molecule has 0 saturated carbocycles. The van der Waals surface area contributed by atoms with Gasteiger partial charge in [0.15, 0.2) is 5.65 Å². The molecular formula is C28H26Cl2N8O3. The van der Waals surface area contributed by atoms with Crippen LogP contribution in [0.5, 0.6) is 0 Å². The molecule has 6 rings (SSSR count). The fourth-order valence-electron chi connectivity index (χ4n) is 5.25. The number of piperazine rings is 1. The van der Waals surface area contributed by atoms with E-state index in [1.165, 1.54) is 15.7 Å². The zero-order valence-corrected chi connectivity index (χ0v) is 23.7. The molecule has 1 atom stereocenters. The van der Waals surface area contributed by atoms with Gasteiger partial charge in [-0.3, -0.25) is 9.20 Å². The summed E-state index contributed by atoms with van der Waals surface area (Å²) in [6.45, 7) is 5.78. The molecule has 0 radical (unpaired) electrons. The molecule has 4 heterocycles. The van der Waals surface area contributed by atoms with E-state index >= 15 is 0 Å². The minimum atomic E-state index is -0.877. The summed E-state index contributed by atoms with van der Waals surface area (Å²) in [5, 5.41) is 13.7. The summed E-state index contributed by atoms with van der Waals surface area (Å²) in [4.78, 5) is 42.4. The predicted octanol–water partition coefficient (Wildman–Crippen LogP) is 5.30. The maximum atomic E-state index is 13.6. The zero-order valence-electron chi connectivity index (χ0n) is 22.2. The normalized spacial score (nSPS) is 15.7. The molecule has 0 spiro atoms. The van der Waals surface area contributed by atoms with Crippen LogP contribution >= 0.6 is 23.2 Å². The first-order valence-electron chi connectivity index (χ1n) is 13.0. The summed E-state index contributed by atoms with van der Waals surface area (Å²) in [7, 11) is 0. The SMILES string of the molecule is CC(C)[C@H]1CN(c2ccc(Nc3ncc4c(=O)n(-c5c(Cl)cccc5Cl)c5nccn5c4n3)cc2)CCN1C(=O)O. The molecule has 1 fully saturated rings. The Morgan fingerprint density at radius 3 is 2.49 bits per heavy atom. The van der Waals surface area contributed by atoms with Crippen LogP contribution in [0.3, 0.4) is 0 Å². The Morgan fingerprint density at radius 2 is 1.80 bits per heavy atom. The van der Waals surface area contributed by atoms with E-state index in [1.54, 1.807) is 35.0 Å². The van der Waals surface area contributed by atoms with Gasteiger partial charge in [-0.2, -0.15) is 4.98 Å². The maximum absolute atomic E-state index is 13.6. The molecule has 0 bridgehead atoms. The lowest BCUT2D eigenvalue weighted by molar-refractivity contribution is 0.103. The number of amides is 1. The third-order valence-electron chi connectivity index (χ3n) is 7.34. The molecule has 1 saturated heterocycles. The summed E-state index contributed by atoms with van der Waals surface area (Å²) in [5.41, 5.74) is 2.09. The molecule has 1 amide bonds. The highest BCUT2D eigenvalue weighted by Crippen LogP contribution is 2.30. The van der Waals surface area contributed by atoms with E-state index in [2.05, 4.69) is 25.2 Å². The molecular weight excluding hydrogens is 567 g/mol. The van der Waals surface area contributed by atoms with E-state index in [-0.39, 0.29) is 17.3 Å². The first-order chi connectivity index (χ1) is 19.7.